The molecule has 0 saturated carbocycles. The molecule has 1 N–H and O–H groups in total. The molecule has 0 amide bonds. The highest BCUT2D eigenvalue weighted by molar-refractivity contribution is 5.41. The summed E-state index contributed by atoms with van der Waals surface area (Å²) < 4.78 is 40.3. The van der Waals surface area contributed by atoms with Gasteiger partial charge in [0.15, 0.2) is 0 Å². The molecule has 0 unspecified atom stereocenters. The molecule has 108 valence electrons. The molecule has 6 heteroatoms. The predicted molar refractivity (Wildman–Crippen MR) is 71.4 cm³/mol. The zero-order valence-corrected chi connectivity index (χ0v) is 11.3. The number of benzene rings is 1. The molecule has 2 aromatic rings. The minimum atomic E-state index is -4.33. The molecular formula is C14H16F3N3. The average Bonchev–Trinajstić information content (AvgIpc) is 2.84. The van der Waals surface area contributed by atoms with Crippen LogP contribution in [-0.4, -0.2) is 9.78 Å². The molecule has 1 aromatic heterocycles. The van der Waals surface area contributed by atoms with Crippen molar-refractivity contribution in [2.75, 3.05) is 5.32 Å². The maximum absolute atomic E-state index is 12.8. The normalized spacial score (nSPS) is 11.9. The van der Waals surface area contributed by atoms with E-state index in [1.165, 1.54) is 12.1 Å². The van der Waals surface area contributed by atoms with Gasteiger partial charge < -0.3 is 5.32 Å². The van der Waals surface area contributed by atoms with E-state index in [9.17, 15) is 13.2 Å². The van der Waals surface area contributed by atoms with Crippen LogP contribution in [0.1, 0.15) is 31.0 Å². The molecule has 0 bridgehead atoms. The van der Waals surface area contributed by atoms with Crippen molar-refractivity contribution >= 4 is 5.69 Å². The molecular weight excluding hydrogens is 267 g/mol. The summed E-state index contributed by atoms with van der Waals surface area (Å²) in [5.41, 5.74) is 0.316. The number of hydrogen-bond donors (Lipinski definition) is 1. The number of hydrogen-bond acceptors (Lipinski definition) is 2. The standard InChI is InChI=1S/C14H16F3N3/c1-10(2)20-9-12(8-19-20)18-7-11-5-3-4-6-13(11)14(15,16)17/h3-6,8-10,18H,7H2,1-2H3. The van der Waals surface area contributed by atoms with Crippen LogP contribution in [-0.2, 0) is 12.7 Å². The molecule has 20 heavy (non-hydrogen) atoms. The number of aromatic nitrogens is 2. The lowest BCUT2D eigenvalue weighted by Crippen LogP contribution is -2.11. The van der Waals surface area contributed by atoms with E-state index >= 15 is 0 Å². The monoisotopic (exact) mass is 283 g/mol. The number of rotatable bonds is 4. The van der Waals surface area contributed by atoms with Crippen LogP contribution in [0.4, 0.5) is 18.9 Å². The van der Waals surface area contributed by atoms with Crippen LogP contribution >= 0.6 is 0 Å². The van der Waals surface area contributed by atoms with Crippen molar-refractivity contribution in [2.24, 2.45) is 0 Å². The van der Waals surface area contributed by atoms with E-state index in [4.69, 9.17) is 0 Å². The van der Waals surface area contributed by atoms with E-state index in [1.54, 1.807) is 23.1 Å². The van der Waals surface area contributed by atoms with E-state index in [0.29, 0.717) is 5.69 Å². The van der Waals surface area contributed by atoms with Gasteiger partial charge in [0.1, 0.15) is 0 Å². The molecule has 0 saturated heterocycles. The second kappa shape index (κ2) is 5.56. The Hall–Kier alpha value is -1.98. The van der Waals surface area contributed by atoms with Gasteiger partial charge in [-0.25, -0.2) is 0 Å². The highest BCUT2D eigenvalue weighted by Crippen LogP contribution is 2.32. The summed E-state index contributed by atoms with van der Waals surface area (Å²) in [7, 11) is 0. The van der Waals surface area contributed by atoms with Gasteiger partial charge >= 0.3 is 6.18 Å². The van der Waals surface area contributed by atoms with E-state index in [0.717, 1.165) is 6.07 Å². The van der Waals surface area contributed by atoms with Gasteiger partial charge in [0.25, 0.3) is 0 Å². The Morgan fingerprint density at radius 3 is 2.55 bits per heavy atom. The lowest BCUT2D eigenvalue weighted by atomic mass is 10.1. The first-order chi connectivity index (χ1) is 9.38. The predicted octanol–water partition coefficient (Wildman–Crippen LogP) is 4.09. The Labute approximate surface area is 115 Å². The second-order valence-electron chi connectivity index (χ2n) is 4.81. The van der Waals surface area contributed by atoms with Crippen molar-refractivity contribution in [1.82, 2.24) is 9.78 Å². The van der Waals surface area contributed by atoms with Crippen molar-refractivity contribution in [3.63, 3.8) is 0 Å². The molecule has 0 spiro atoms. The number of alkyl halides is 3. The van der Waals surface area contributed by atoms with Crippen LogP contribution < -0.4 is 5.32 Å². The summed E-state index contributed by atoms with van der Waals surface area (Å²) in [4.78, 5) is 0. The molecule has 2 rings (SSSR count). The Morgan fingerprint density at radius 2 is 1.95 bits per heavy atom. The highest BCUT2D eigenvalue weighted by Gasteiger charge is 2.32. The van der Waals surface area contributed by atoms with Gasteiger partial charge in [-0.15, -0.1) is 0 Å². The van der Waals surface area contributed by atoms with E-state index in [2.05, 4.69) is 10.4 Å². The number of nitrogens with zero attached hydrogens (tertiary/aromatic N) is 2. The molecule has 0 atom stereocenters. The van der Waals surface area contributed by atoms with Gasteiger partial charge in [-0.3, -0.25) is 4.68 Å². The number of anilines is 1. The third-order valence-corrected chi connectivity index (χ3v) is 2.94. The van der Waals surface area contributed by atoms with Gasteiger partial charge in [-0.2, -0.15) is 18.3 Å². The zero-order chi connectivity index (χ0) is 14.8. The maximum Gasteiger partial charge on any atom is 0.416 e. The van der Waals surface area contributed by atoms with Crippen LogP contribution in [0.5, 0.6) is 0 Å². The lowest BCUT2D eigenvalue weighted by molar-refractivity contribution is -0.138. The Morgan fingerprint density at radius 1 is 1.25 bits per heavy atom. The summed E-state index contributed by atoms with van der Waals surface area (Å²) in [6, 6.07) is 5.78. The molecule has 1 heterocycles. The summed E-state index contributed by atoms with van der Waals surface area (Å²) in [6.07, 6.45) is -0.947. The molecule has 0 aliphatic heterocycles. The fourth-order valence-corrected chi connectivity index (χ4v) is 1.86. The SMILES string of the molecule is CC(C)n1cc(NCc2ccccc2C(F)(F)F)cn1. The Kier molecular flexibility index (Phi) is 4.01. The van der Waals surface area contributed by atoms with Crippen LogP contribution in [0.15, 0.2) is 36.7 Å². The smallest absolute Gasteiger partial charge is 0.378 e. The highest BCUT2D eigenvalue weighted by atomic mass is 19.4. The van der Waals surface area contributed by atoms with Gasteiger partial charge in [0.2, 0.25) is 0 Å². The van der Waals surface area contributed by atoms with Crippen LogP contribution in [0, 0.1) is 0 Å². The third-order valence-electron chi connectivity index (χ3n) is 2.94. The van der Waals surface area contributed by atoms with Gasteiger partial charge in [-0.05, 0) is 25.5 Å². The zero-order valence-electron chi connectivity index (χ0n) is 11.3. The van der Waals surface area contributed by atoms with Crippen molar-refractivity contribution in [1.29, 1.82) is 0 Å². The largest absolute Gasteiger partial charge is 0.416 e. The first-order valence-electron chi connectivity index (χ1n) is 6.31. The molecule has 1 aromatic carbocycles. The van der Waals surface area contributed by atoms with Crippen LogP contribution in [0.25, 0.3) is 0 Å². The minimum Gasteiger partial charge on any atom is -0.378 e. The van der Waals surface area contributed by atoms with E-state index < -0.39 is 11.7 Å². The number of halogens is 3. The summed E-state index contributed by atoms with van der Waals surface area (Å²) in [5, 5.41) is 7.10. The number of nitrogens with one attached hydrogen (secondary N) is 1. The second-order valence-corrected chi connectivity index (χ2v) is 4.81. The van der Waals surface area contributed by atoms with Gasteiger partial charge in [-0.1, -0.05) is 18.2 Å². The lowest BCUT2D eigenvalue weighted by Gasteiger charge is -2.13. The van der Waals surface area contributed by atoms with Crippen LogP contribution in [0.3, 0.4) is 0 Å². The summed E-state index contributed by atoms with van der Waals surface area (Å²) >= 11 is 0. The van der Waals surface area contributed by atoms with Crippen molar-refractivity contribution in [3.05, 3.63) is 47.8 Å². The minimum absolute atomic E-state index is 0.111. The van der Waals surface area contributed by atoms with E-state index in [1.807, 2.05) is 13.8 Å². The average molecular weight is 283 g/mol. The Bertz CT molecular complexity index is 573. The molecule has 0 aliphatic rings. The van der Waals surface area contributed by atoms with Crippen molar-refractivity contribution in [3.8, 4) is 0 Å². The fraction of sp³-hybridized carbons (Fsp3) is 0.357. The quantitative estimate of drug-likeness (QED) is 0.915. The fourth-order valence-electron chi connectivity index (χ4n) is 1.86. The van der Waals surface area contributed by atoms with Crippen molar-refractivity contribution in [2.45, 2.75) is 32.6 Å². The summed E-state index contributed by atoms with van der Waals surface area (Å²) in [6.45, 7) is 4.07. The third kappa shape index (κ3) is 3.31. The van der Waals surface area contributed by atoms with Gasteiger partial charge in [0.05, 0.1) is 17.4 Å². The first-order valence-corrected chi connectivity index (χ1v) is 6.31. The van der Waals surface area contributed by atoms with Gasteiger partial charge in [0, 0.05) is 18.8 Å². The molecule has 0 aliphatic carbocycles. The van der Waals surface area contributed by atoms with E-state index in [-0.39, 0.29) is 18.2 Å². The van der Waals surface area contributed by atoms with Crippen LogP contribution in [0.2, 0.25) is 0 Å². The molecule has 0 radical (unpaired) electrons. The topological polar surface area (TPSA) is 29.9 Å². The summed E-state index contributed by atoms with van der Waals surface area (Å²) in [5.74, 6) is 0. The Balaban J connectivity index is 2.11. The molecule has 0 fully saturated rings. The maximum atomic E-state index is 12.8. The van der Waals surface area contributed by atoms with Crippen molar-refractivity contribution < 1.29 is 13.2 Å². The molecule has 3 nitrogen and oxygen atoms in total. The first kappa shape index (κ1) is 14.4.